The average Bonchev–Trinajstić information content (AvgIpc) is 2.43. The molecule has 0 aliphatic heterocycles. The van der Waals surface area contributed by atoms with Gasteiger partial charge in [-0.05, 0) is 20.3 Å². The van der Waals surface area contributed by atoms with E-state index in [0.717, 1.165) is 0 Å². The van der Waals surface area contributed by atoms with Crippen LogP contribution in [-0.4, -0.2) is 53.6 Å². The van der Waals surface area contributed by atoms with Gasteiger partial charge in [-0.15, -0.1) is 0 Å². The molecular formula is C12H28N4O6Si. The fourth-order valence-electron chi connectivity index (χ4n) is 1.89. The molecule has 23 heavy (non-hydrogen) atoms. The summed E-state index contributed by atoms with van der Waals surface area (Å²) in [5.74, 6) is -1.49. The Bertz CT molecular complexity index is 381. The van der Waals surface area contributed by atoms with E-state index in [0.29, 0.717) is 32.2 Å². The number of urea groups is 2. The second-order valence-electron chi connectivity index (χ2n) is 4.68. The Morgan fingerprint density at radius 2 is 1.70 bits per heavy atom. The summed E-state index contributed by atoms with van der Waals surface area (Å²) in [7, 11) is -1.82. The van der Waals surface area contributed by atoms with Gasteiger partial charge in [-0.1, -0.05) is 0 Å². The van der Waals surface area contributed by atoms with Crippen LogP contribution in [0.4, 0.5) is 9.59 Å². The van der Waals surface area contributed by atoms with Crippen LogP contribution in [-0.2, 0) is 18.0 Å². The molecule has 0 aromatic heterocycles. The van der Waals surface area contributed by atoms with Gasteiger partial charge in [-0.2, -0.15) is 0 Å². The molecule has 0 radical (unpaired) electrons. The minimum atomic E-state index is -3.18. The summed E-state index contributed by atoms with van der Waals surface area (Å²) in [5, 5.41) is 4.85. The number of hydrogen-bond donors (Lipinski definition) is 4. The molecule has 136 valence electrons. The molecule has 0 saturated heterocycles. The standard InChI is InChI=1S/C12H28N4O6Si/c1-5-20-23(21-6-2,9-7-8-15-10(13)17)22-12(3,19-4)16-11(14)18/h5-9H2,1-4H3,(H3,13,15,17)(H3,14,16,18). The van der Waals surface area contributed by atoms with Crippen LogP contribution in [0.25, 0.3) is 0 Å². The maximum Gasteiger partial charge on any atom is 0.504 e. The molecule has 10 nitrogen and oxygen atoms in total. The highest BCUT2D eigenvalue weighted by molar-refractivity contribution is 6.60. The zero-order valence-corrected chi connectivity index (χ0v) is 15.1. The molecule has 0 bridgehead atoms. The Hall–Kier alpha value is -1.40. The predicted molar refractivity (Wildman–Crippen MR) is 85.2 cm³/mol. The summed E-state index contributed by atoms with van der Waals surface area (Å²) in [6, 6.07) is -1.02. The number of hydrogen-bond acceptors (Lipinski definition) is 6. The Kier molecular flexibility index (Phi) is 9.75. The first-order valence-corrected chi connectivity index (χ1v) is 9.29. The van der Waals surface area contributed by atoms with Gasteiger partial charge in [0.15, 0.2) is 0 Å². The van der Waals surface area contributed by atoms with Crippen LogP contribution in [0.2, 0.25) is 6.04 Å². The Labute approximate surface area is 137 Å². The van der Waals surface area contributed by atoms with E-state index < -0.39 is 26.8 Å². The van der Waals surface area contributed by atoms with E-state index in [2.05, 4.69) is 10.6 Å². The maximum atomic E-state index is 11.1. The van der Waals surface area contributed by atoms with Gasteiger partial charge >= 0.3 is 20.9 Å². The molecule has 0 heterocycles. The molecule has 0 aliphatic rings. The first-order chi connectivity index (χ1) is 10.7. The Balaban J connectivity index is 5.06. The topological polar surface area (TPSA) is 147 Å². The number of carbonyl (C=O) groups is 2. The lowest BCUT2D eigenvalue weighted by Gasteiger charge is -2.37. The molecular weight excluding hydrogens is 324 g/mol. The molecule has 4 amide bonds. The highest BCUT2D eigenvalue weighted by Crippen LogP contribution is 2.24. The van der Waals surface area contributed by atoms with E-state index in [1.165, 1.54) is 14.0 Å². The minimum Gasteiger partial charge on any atom is -0.374 e. The molecule has 0 fully saturated rings. The quantitative estimate of drug-likeness (QED) is 0.222. The molecule has 6 N–H and O–H groups in total. The molecule has 0 saturated carbocycles. The minimum absolute atomic E-state index is 0.348. The van der Waals surface area contributed by atoms with Crippen molar-refractivity contribution in [3.05, 3.63) is 0 Å². The summed E-state index contributed by atoms with van der Waals surface area (Å²) in [4.78, 5) is 21.9. The van der Waals surface area contributed by atoms with Crippen LogP contribution < -0.4 is 22.1 Å². The van der Waals surface area contributed by atoms with Crippen molar-refractivity contribution in [2.75, 3.05) is 26.9 Å². The number of ether oxygens (including phenoxy) is 1. The fraction of sp³-hybridized carbons (Fsp3) is 0.833. The molecule has 11 heteroatoms. The van der Waals surface area contributed by atoms with Crippen molar-refractivity contribution in [3.63, 3.8) is 0 Å². The molecule has 0 aliphatic carbocycles. The number of nitrogens with two attached hydrogens (primary N) is 2. The molecule has 1 unspecified atom stereocenters. The SMILES string of the molecule is CCO[Si](CCCNC(N)=O)(OCC)OC(C)(NC(N)=O)OC. The summed E-state index contributed by atoms with van der Waals surface area (Å²) in [6.45, 7) is 6.16. The van der Waals surface area contributed by atoms with Crippen molar-refractivity contribution in [3.8, 4) is 0 Å². The van der Waals surface area contributed by atoms with Gasteiger partial charge in [0.2, 0.25) is 5.91 Å². The van der Waals surface area contributed by atoms with Crippen molar-refractivity contribution in [2.24, 2.45) is 11.5 Å². The number of nitrogens with one attached hydrogen (secondary N) is 2. The van der Waals surface area contributed by atoms with Crippen molar-refractivity contribution in [2.45, 2.75) is 39.1 Å². The monoisotopic (exact) mass is 352 g/mol. The molecule has 0 spiro atoms. The van der Waals surface area contributed by atoms with E-state index >= 15 is 0 Å². The van der Waals surface area contributed by atoms with Crippen LogP contribution in [0.3, 0.4) is 0 Å². The van der Waals surface area contributed by atoms with Gasteiger partial charge in [0.1, 0.15) is 0 Å². The van der Waals surface area contributed by atoms with Crippen molar-refractivity contribution in [1.82, 2.24) is 10.6 Å². The van der Waals surface area contributed by atoms with Crippen LogP contribution in [0.15, 0.2) is 0 Å². The molecule has 0 aromatic carbocycles. The first-order valence-electron chi connectivity index (χ1n) is 7.36. The highest BCUT2D eigenvalue weighted by Gasteiger charge is 2.47. The first kappa shape index (κ1) is 21.6. The zero-order valence-electron chi connectivity index (χ0n) is 14.1. The average molecular weight is 352 g/mol. The van der Waals surface area contributed by atoms with Gasteiger partial charge < -0.3 is 34.8 Å². The lowest BCUT2D eigenvalue weighted by Crippen LogP contribution is -2.60. The van der Waals surface area contributed by atoms with E-state index in [1.807, 2.05) is 0 Å². The number of primary amides is 2. The third-order valence-corrected chi connectivity index (χ3v) is 5.90. The lowest BCUT2D eigenvalue weighted by molar-refractivity contribution is -0.194. The number of amides is 4. The summed E-state index contributed by atoms with van der Waals surface area (Å²) in [6.07, 6.45) is 0.519. The normalized spacial score (nSPS) is 14.1. The smallest absolute Gasteiger partial charge is 0.374 e. The largest absolute Gasteiger partial charge is 0.504 e. The highest BCUT2D eigenvalue weighted by atomic mass is 28.4. The number of rotatable bonds is 12. The van der Waals surface area contributed by atoms with E-state index in [1.54, 1.807) is 13.8 Å². The lowest BCUT2D eigenvalue weighted by atomic mass is 10.5. The number of carbonyl (C=O) groups excluding carboxylic acids is 2. The molecule has 0 aromatic rings. The third-order valence-electron chi connectivity index (χ3n) is 2.78. The van der Waals surface area contributed by atoms with Gasteiger partial charge in [-0.3, -0.25) is 5.32 Å². The fourth-order valence-corrected chi connectivity index (χ4v) is 4.70. The van der Waals surface area contributed by atoms with Crippen LogP contribution in [0.1, 0.15) is 27.2 Å². The van der Waals surface area contributed by atoms with E-state index in [9.17, 15) is 9.59 Å². The van der Waals surface area contributed by atoms with Gasteiger partial charge in [-0.25, -0.2) is 9.59 Å². The second-order valence-corrected chi connectivity index (χ2v) is 7.33. The maximum absolute atomic E-state index is 11.1. The van der Waals surface area contributed by atoms with Gasteiger partial charge in [0.25, 0.3) is 0 Å². The Morgan fingerprint density at radius 3 is 2.09 bits per heavy atom. The molecule has 0 rings (SSSR count). The third kappa shape index (κ3) is 8.71. The zero-order chi connectivity index (χ0) is 17.9. The van der Waals surface area contributed by atoms with E-state index in [-0.39, 0.29) is 0 Å². The summed E-state index contributed by atoms with van der Waals surface area (Å²) in [5.41, 5.74) is 10.2. The van der Waals surface area contributed by atoms with Gasteiger partial charge in [0.05, 0.1) is 0 Å². The Morgan fingerprint density at radius 1 is 1.13 bits per heavy atom. The van der Waals surface area contributed by atoms with Crippen LogP contribution in [0, 0.1) is 0 Å². The van der Waals surface area contributed by atoms with Crippen molar-refractivity contribution >= 4 is 20.9 Å². The van der Waals surface area contributed by atoms with Crippen molar-refractivity contribution < 1.29 is 27.6 Å². The second kappa shape index (κ2) is 10.4. The predicted octanol–water partition coefficient (Wildman–Crippen LogP) is 0.0617. The molecule has 1 atom stereocenters. The van der Waals surface area contributed by atoms with Crippen LogP contribution in [0.5, 0.6) is 0 Å². The van der Waals surface area contributed by atoms with Crippen LogP contribution >= 0.6 is 0 Å². The van der Waals surface area contributed by atoms with E-state index in [4.69, 9.17) is 29.5 Å². The number of methoxy groups -OCH3 is 1. The summed E-state index contributed by atoms with van der Waals surface area (Å²) >= 11 is 0. The summed E-state index contributed by atoms with van der Waals surface area (Å²) < 4.78 is 22.6. The van der Waals surface area contributed by atoms with Gasteiger partial charge in [0, 0.05) is 39.8 Å². The van der Waals surface area contributed by atoms with Crippen molar-refractivity contribution in [1.29, 1.82) is 0 Å².